The van der Waals surface area contributed by atoms with E-state index in [-0.39, 0.29) is 11.7 Å². The van der Waals surface area contributed by atoms with Crippen molar-refractivity contribution in [2.75, 3.05) is 11.1 Å². The third-order valence-corrected chi connectivity index (χ3v) is 5.89. The van der Waals surface area contributed by atoms with E-state index in [1.807, 2.05) is 25.1 Å². The van der Waals surface area contributed by atoms with E-state index in [9.17, 15) is 4.79 Å². The zero-order valence-electron chi connectivity index (χ0n) is 16.8. The minimum atomic E-state index is -0.0494. The van der Waals surface area contributed by atoms with Gasteiger partial charge in [-0.25, -0.2) is 0 Å². The lowest BCUT2D eigenvalue weighted by Crippen LogP contribution is -2.17. The van der Waals surface area contributed by atoms with Crippen LogP contribution in [0.1, 0.15) is 31.4 Å². The zero-order valence-corrected chi connectivity index (χ0v) is 19.2. The second-order valence-electron chi connectivity index (χ2n) is 6.64. The van der Waals surface area contributed by atoms with Crippen LogP contribution in [0.2, 0.25) is 0 Å². The van der Waals surface area contributed by atoms with Gasteiger partial charge in [0.1, 0.15) is 0 Å². The fourth-order valence-electron chi connectivity index (χ4n) is 3.11. The van der Waals surface area contributed by atoms with Crippen LogP contribution in [-0.2, 0) is 17.8 Å². The summed E-state index contributed by atoms with van der Waals surface area (Å²) in [6.07, 6.45) is 5.29. The van der Waals surface area contributed by atoms with Gasteiger partial charge in [-0.15, -0.1) is 10.2 Å². The summed E-state index contributed by atoms with van der Waals surface area (Å²) >= 11 is 4.93. The molecular weight excluding hydrogens is 450 g/mol. The lowest BCUT2D eigenvalue weighted by molar-refractivity contribution is -0.113. The molecule has 29 heavy (non-hydrogen) atoms. The summed E-state index contributed by atoms with van der Waals surface area (Å²) < 4.78 is 3.09. The molecule has 2 heterocycles. The van der Waals surface area contributed by atoms with Crippen molar-refractivity contribution in [3.63, 3.8) is 0 Å². The molecule has 2 aromatic heterocycles. The first-order valence-corrected chi connectivity index (χ1v) is 11.4. The largest absolute Gasteiger partial charge is 0.325 e. The second kappa shape index (κ2) is 10.0. The highest BCUT2D eigenvalue weighted by Gasteiger charge is 2.16. The number of hydrogen-bond donors (Lipinski definition) is 1. The van der Waals surface area contributed by atoms with E-state index < -0.39 is 0 Å². The van der Waals surface area contributed by atoms with Crippen molar-refractivity contribution >= 4 is 39.3 Å². The second-order valence-corrected chi connectivity index (χ2v) is 8.50. The molecule has 8 heteroatoms. The molecule has 3 rings (SSSR count). The third kappa shape index (κ3) is 5.25. The summed E-state index contributed by atoms with van der Waals surface area (Å²) in [4.78, 5) is 16.7. The molecule has 0 aliphatic rings. The number of rotatable bonds is 8. The summed E-state index contributed by atoms with van der Waals surface area (Å²) in [6.45, 7) is 6.99. The number of anilines is 1. The first kappa shape index (κ1) is 21.5. The van der Waals surface area contributed by atoms with Crippen LogP contribution in [0.4, 0.5) is 5.69 Å². The number of aryl methyl sites for hydroxylation is 2. The number of carbonyl (C=O) groups excluding carboxylic acids is 1. The van der Waals surface area contributed by atoms with Gasteiger partial charge in [0.25, 0.3) is 0 Å². The predicted molar refractivity (Wildman–Crippen MR) is 121 cm³/mol. The molecule has 6 nitrogen and oxygen atoms in total. The average molecular weight is 474 g/mol. The molecule has 0 aliphatic heterocycles. The van der Waals surface area contributed by atoms with Gasteiger partial charge in [0, 0.05) is 34.7 Å². The minimum absolute atomic E-state index is 0.0494. The Morgan fingerprint density at radius 2 is 1.97 bits per heavy atom. The van der Waals surface area contributed by atoms with Crippen molar-refractivity contribution in [1.29, 1.82) is 0 Å². The first-order valence-electron chi connectivity index (χ1n) is 9.58. The van der Waals surface area contributed by atoms with Gasteiger partial charge in [-0.3, -0.25) is 9.78 Å². The summed E-state index contributed by atoms with van der Waals surface area (Å²) in [7, 11) is 0. The Labute approximate surface area is 183 Å². The van der Waals surface area contributed by atoms with E-state index in [0.29, 0.717) is 0 Å². The van der Waals surface area contributed by atoms with Gasteiger partial charge in [0.15, 0.2) is 11.0 Å². The normalized spacial score (nSPS) is 10.9. The van der Waals surface area contributed by atoms with E-state index in [2.05, 4.69) is 60.9 Å². The van der Waals surface area contributed by atoms with Crippen LogP contribution in [0.3, 0.4) is 0 Å². The van der Waals surface area contributed by atoms with E-state index in [0.717, 1.165) is 57.2 Å². The van der Waals surface area contributed by atoms with Crippen molar-refractivity contribution in [3.8, 4) is 11.4 Å². The van der Waals surface area contributed by atoms with E-state index in [4.69, 9.17) is 0 Å². The number of amides is 1. The number of benzene rings is 1. The fourth-order valence-corrected chi connectivity index (χ4v) is 4.50. The Balaban J connectivity index is 1.73. The molecule has 1 aromatic carbocycles. The number of nitrogens with zero attached hydrogens (tertiary/aromatic N) is 4. The molecule has 3 aromatic rings. The van der Waals surface area contributed by atoms with Crippen molar-refractivity contribution in [3.05, 3.63) is 52.3 Å². The van der Waals surface area contributed by atoms with Gasteiger partial charge in [-0.2, -0.15) is 0 Å². The minimum Gasteiger partial charge on any atom is -0.325 e. The summed E-state index contributed by atoms with van der Waals surface area (Å²) in [6, 6.07) is 7.90. The zero-order chi connectivity index (χ0) is 20.8. The molecule has 0 unspecified atom stereocenters. The third-order valence-electron chi connectivity index (χ3n) is 4.46. The molecule has 0 aliphatic carbocycles. The van der Waals surface area contributed by atoms with Gasteiger partial charge >= 0.3 is 0 Å². The monoisotopic (exact) mass is 473 g/mol. The smallest absolute Gasteiger partial charge is 0.234 e. The van der Waals surface area contributed by atoms with Crippen LogP contribution in [-0.4, -0.2) is 31.4 Å². The SMILES string of the molecule is CCCn1c(SCC(=O)Nc2c(C)cc(Br)cc2CC)nnc1-c1ccncc1. The maximum absolute atomic E-state index is 12.6. The number of halogens is 1. The lowest BCUT2D eigenvalue weighted by atomic mass is 10.1. The van der Waals surface area contributed by atoms with Crippen molar-refractivity contribution < 1.29 is 4.79 Å². The summed E-state index contributed by atoms with van der Waals surface area (Å²) in [5.41, 5.74) is 4.03. The Morgan fingerprint density at radius 1 is 1.21 bits per heavy atom. The Bertz CT molecular complexity index is 990. The number of hydrogen-bond acceptors (Lipinski definition) is 5. The van der Waals surface area contributed by atoms with E-state index in [1.54, 1.807) is 12.4 Å². The number of pyridine rings is 1. The highest BCUT2D eigenvalue weighted by atomic mass is 79.9. The maximum atomic E-state index is 12.6. The van der Waals surface area contributed by atoms with E-state index >= 15 is 0 Å². The topological polar surface area (TPSA) is 72.7 Å². The van der Waals surface area contributed by atoms with Crippen LogP contribution in [0.15, 0.2) is 46.3 Å². The number of carbonyl (C=O) groups is 1. The fraction of sp³-hybridized carbons (Fsp3) is 0.333. The first-order chi connectivity index (χ1) is 14.0. The van der Waals surface area contributed by atoms with Crippen LogP contribution < -0.4 is 5.32 Å². The van der Waals surface area contributed by atoms with Gasteiger partial charge in [-0.05, 0) is 55.2 Å². The molecule has 1 amide bonds. The number of aromatic nitrogens is 4. The quantitative estimate of drug-likeness (QED) is 0.459. The standard InChI is InChI=1S/C21H24BrN5OS/c1-4-10-27-20(16-6-8-23-9-7-16)25-26-21(27)29-13-18(28)24-19-14(3)11-17(22)12-15(19)5-2/h6-9,11-12H,4-5,10,13H2,1-3H3,(H,24,28). The van der Waals surface area contributed by atoms with Crippen molar-refractivity contribution in [2.24, 2.45) is 0 Å². The molecule has 0 saturated heterocycles. The highest BCUT2D eigenvalue weighted by molar-refractivity contribution is 9.10. The van der Waals surface area contributed by atoms with Gasteiger partial charge in [-0.1, -0.05) is 41.5 Å². The molecule has 0 spiro atoms. The Kier molecular flexibility index (Phi) is 7.44. The van der Waals surface area contributed by atoms with E-state index in [1.165, 1.54) is 11.8 Å². The maximum Gasteiger partial charge on any atom is 0.234 e. The molecule has 0 bridgehead atoms. The Hall–Kier alpha value is -2.19. The van der Waals surface area contributed by atoms with Gasteiger partial charge in [0.2, 0.25) is 5.91 Å². The summed E-state index contributed by atoms with van der Waals surface area (Å²) in [5, 5.41) is 12.5. The molecular formula is C21H24BrN5OS. The van der Waals surface area contributed by atoms with Crippen LogP contribution >= 0.6 is 27.7 Å². The molecule has 0 radical (unpaired) electrons. The lowest BCUT2D eigenvalue weighted by Gasteiger charge is -2.14. The van der Waals surface area contributed by atoms with Gasteiger partial charge < -0.3 is 9.88 Å². The Morgan fingerprint density at radius 3 is 2.66 bits per heavy atom. The van der Waals surface area contributed by atoms with Crippen LogP contribution in [0.25, 0.3) is 11.4 Å². The molecule has 0 saturated carbocycles. The van der Waals surface area contributed by atoms with Crippen molar-refractivity contribution in [2.45, 2.75) is 45.3 Å². The molecule has 152 valence electrons. The number of nitrogens with one attached hydrogen (secondary N) is 1. The highest BCUT2D eigenvalue weighted by Crippen LogP contribution is 2.28. The summed E-state index contributed by atoms with van der Waals surface area (Å²) in [5.74, 6) is 1.03. The molecule has 1 N–H and O–H groups in total. The molecule has 0 fully saturated rings. The van der Waals surface area contributed by atoms with Crippen molar-refractivity contribution in [1.82, 2.24) is 19.7 Å². The average Bonchev–Trinajstić information content (AvgIpc) is 3.12. The predicted octanol–water partition coefficient (Wildman–Crippen LogP) is 5.11. The van der Waals surface area contributed by atoms with Crippen LogP contribution in [0.5, 0.6) is 0 Å². The number of thioether (sulfide) groups is 1. The molecule has 0 atom stereocenters. The van der Waals surface area contributed by atoms with Crippen LogP contribution in [0, 0.1) is 6.92 Å². The van der Waals surface area contributed by atoms with Gasteiger partial charge in [0.05, 0.1) is 5.75 Å².